The Labute approximate surface area is 104 Å². The third-order valence-electron chi connectivity index (χ3n) is 2.65. The zero-order valence-corrected chi connectivity index (χ0v) is 10.2. The lowest BCUT2D eigenvalue weighted by molar-refractivity contribution is -0.115. The number of rotatable bonds is 3. The minimum Gasteiger partial charge on any atom is -0.421 e. The zero-order chi connectivity index (χ0) is 13.1. The van der Waals surface area contributed by atoms with Crippen molar-refractivity contribution >= 4 is 28.3 Å². The van der Waals surface area contributed by atoms with Gasteiger partial charge in [-0.15, -0.1) is 0 Å². The van der Waals surface area contributed by atoms with Gasteiger partial charge in [0.05, 0.1) is 5.69 Å². The maximum absolute atomic E-state index is 11.8. The van der Waals surface area contributed by atoms with Crippen LogP contribution in [0, 0.1) is 0 Å². The Balaban J connectivity index is 2.68. The molecule has 0 spiro atoms. The van der Waals surface area contributed by atoms with Crippen LogP contribution in [0.5, 0.6) is 0 Å². The molecule has 0 unspecified atom stereocenters. The second kappa shape index (κ2) is 4.91. The molecule has 0 aliphatic carbocycles. The molecular formula is C13H14N2O3. The van der Waals surface area contributed by atoms with Crippen molar-refractivity contribution in [3.8, 4) is 0 Å². The number of amides is 1. The Kier molecular flexibility index (Phi) is 3.32. The fourth-order valence-corrected chi connectivity index (χ4v) is 1.75. The zero-order valence-electron chi connectivity index (χ0n) is 10.2. The minimum atomic E-state index is -0.556. The highest BCUT2D eigenvalue weighted by atomic mass is 16.4. The van der Waals surface area contributed by atoms with E-state index in [1.807, 2.05) is 12.1 Å². The average molecular weight is 246 g/mol. The van der Waals surface area contributed by atoms with Crippen LogP contribution in [0.3, 0.4) is 0 Å². The molecule has 5 nitrogen and oxygen atoms in total. The molecule has 0 saturated heterocycles. The highest BCUT2D eigenvalue weighted by Crippen LogP contribution is 2.27. The number of hydrogen-bond acceptors (Lipinski definition) is 4. The van der Waals surface area contributed by atoms with Gasteiger partial charge in [-0.3, -0.25) is 4.79 Å². The largest absolute Gasteiger partial charge is 0.421 e. The van der Waals surface area contributed by atoms with Crippen LogP contribution in [0.2, 0.25) is 0 Å². The summed E-state index contributed by atoms with van der Waals surface area (Å²) in [5, 5.41) is 6.25. The molecular weight excluding hydrogens is 232 g/mol. The molecule has 0 aliphatic rings. The quantitative estimate of drug-likeness (QED) is 0.814. The summed E-state index contributed by atoms with van der Waals surface area (Å²) in [6.07, 6.45) is 0.301. The monoisotopic (exact) mass is 246 g/mol. The predicted molar refractivity (Wildman–Crippen MR) is 71.0 cm³/mol. The Morgan fingerprint density at radius 2 is 2.00 bits per heavy atom. The van der Waals surface area contributed by atoms with Gasteiger partial charge in [0.15, 0.2) is 5.69 Å². The highest BCUT2D eigenvalue weighted by Gasteiger charge is 2.14. The van der Waals surface area contributed by atoms with Gasteiger partial charge in [-0.25, -0.2) is 4.79 Å². The van der Waals surface area contributed by atoms with Gasteiger partial charge >= 0.3 is 5.63 Å². The smallest absolute Gasteiger partial charge is 0.362 e. The Hall–Kier alpha value is -2.30. The highest BCUT2D eigenvalue weighted by molar-refractivity contribution is 6.01. The number of para-hydroxylation sites is 1. The maximum Gasteiger partial charge on any atom is 0.362 e. The predicted octanol–water partition coefficient (Wildman–Crippen LogP) is 2.18. The van der Waals surface area contributed by atoms with Crippen molar-refractivity contribution in [1.29, 1.82) is 0 Å². The van der Waals surface area contributed by atoms with Gasteiger partial charge < -0.3 is 15.1 Å². The molecule has 1 heterocycles. The van der Waals surface area contributed by atoms with Gasteiger partial charge in [0.1, 0.15) is 5.58 Å². The van der Waals surface area contributed by atoms with Crippen molar-refractivity contribution in [2.75, 3.05) is 17.7 Å². The van der Waals surface area contributed by atoms with E-state index in [4.69, 9.17) is 4.42 Å². The van der Waals surface area contributed by atoms with Gasteiger partial charge in [0.2, 0.25) is 5.91 Å². The molecule has 1 aromatic heterocycles. The first-order chi connectivity index (χ1) is 8.67. The SMILES string of the molecule is CCC(=O)Nc1c(NC)c2ccccc2oc1=O. The van der Waals surface area contributed by atoms with Crippen LogP contribution in [-0.4, -0.2) is 13.0 Å². The van der Waals surface area contributed by atoms with Crippen LogP contribution < -0.4 is 16.3 Å². The number of benzene rings is 1. The molecule has 5 heteroatoms. The number of nitrogens with one attached hydrogen (secondary N) is 2. The van der Waals surface area contributed by atoms with Crippen molar-refractivity contribution in [1.82, 2.24) is 0 Å². The first kappa shape index (κ1) is 12.2. The summed E-state index contributed by atoms with van der Waals surface area (Å²) in [4.78, 5) is 23.3. The van der Waals surface area contributed by atoms with E-state index in [9.17, 15) is 9.59 Å². The van der Waals surface area contributed by atoms with Crippen LogP contribution in [0.1, 0.15) is 13.3 Å². The fourth-order valence-electron chi connectivity index (χ4n) is 1.75. The van der Waals surface area contributed by atoms with Crippen molar-refractivity contribution in [3.05, 3.63) is 34.7 Å². The molecule has 0 aliphatic heterocycles. The summed E-state index contributed by atoms with van der Waals surface area (Å²) >= 11 is 0. The minimum absolute atomic E-state index is 0.156. The van der Waals surface area contributed by atoms with E-state index in [1.54, 1.807) is 26.1 Å². The molecule has 0 fully saturated rings. The van der Waals surface area contributed by atoms with E-state index in [0.29, 0.717) is 17.7 Å². The molecule has 1 aromatic carbocycles. The number of carbonyl (C=O) groups is 1. The third kappa shape index (κ3) is 2.07. The molecule has 0 saturated carbocycles. The van der Waals surface area contributed by atoms with Gasteiger partial charge in [0, 0.05) is 18.9 Å². The normalized spacial score (nSPS) is 10.3. The Morgan fingerprint density at radius 1 is 1.28 bits per heavy atom. The second-order valence-electron chi connectivity index (χ2n) is 3.79. The molecule has 18 heavy (non-hydrogen) atoms. The lowest BCUT2D eigenvalue weighted by Gasteiger charge is -2.11. The number of anilines is 2. The Bertz CT molecular complexity index is 646. The van der Waals surface area contributed by atoms with E-state index in [0.717, 1.165) is 5.39 Å². The molecule has 0 radical (unpaired) electrons. The van der Waals surface area contributed by atoms with Crippen LogP contribution in [-0.2, 0) is 4.79 Å². The second-order valence-corrected chi connectivity index (χ2v) is 3.79. The number of fused-ring (bicyclic) bond motifs is 1. The summed E-state index contributed by atoms with van der Waals surface area (Å²) in [5.41, 5.74) is 0.660. The van der Waals surface area contributed by atoms with Crippen molar-refractivity contribution in [2.45, 2.75) is 13.3 Å². The van der Waals surface area contributed by atoms with Crippen molar-refractivity contribution < 1.29 is 9.21 Å². The molecule has 2 aromatic rings. The third-order valence-corrected chi connectivity index (χ3v) is 2.65. The van der Waals surface area contributed by atoms with Gasteiger partial charge in [-0.1, -0.05) is 19.1 Å². The number of carbonyl (C=O) groups excluding carboxylic acids is 1. The van der Waals surface area contributed by atoms with Gasteiger partial charge in [-0.2, -0.15) is 0 Å². The molecule has 2 rings (SSSR count). The summed E-state index contributed by atoms with van der Waals surface area (Å²) < 4.78 is 5.17. The van der Waals surface area contributed by atoms with Crippen molar-refractivity contribution in [3.63, 3.8) is 0 Å². The van der Waals surface area contributed by atoms with Gasteiger partial charge in [0.25, 0.3) is 0 Å². The summed E-state index contributed by atoms with van der Waals surface area (Å²) in [7, 11) is 1.70. The summed E-state index contributed by atoms with van der Waals surface area (Å²) in [5.74, 6) is -0.228. The van der Waals surface area contributed by atoms with E-state index in [-0.39, 0.29) is 11.6 Å². The molecule has 1 amide bonds. The lowest BCUT2D eigenvalue weighted by atomic mass is 10.2. The van der Waals surface area contributed by atoms with E-state index >= 15 is 0 Å². The number of hydrogen-bond donors (Lipinski definition) is 2. The van der Waals surface area contributed by atoms with Crippen LogP contribution in [0.15, 0.2) is 33.5 Å². The van der Waals surface area contributed by atoms with E-state index < -0.39 is 5.63 Å². The molecule has 0 atom stereocenters. The van der Waals surface area contributed by atoms with Crippen LogP contribution in [0.25, 0.3) is 11.0 Å². The summed E-state index contributed by atoms with van der Waals surface area (Å²) in [6.45, 7) is 1.72. The molecule has 0 bridgehead atoms. The average Bonchev–Trinajstić information content (AvgIpc) is 2.39. The first-order valence-corrected chi connectivity index (χ1v) is 5.70. The fraction of sp³-hybridized carbons (Fsp3) is 0.231. The maximum atomic E-state index is 11.8. The van der Waals surface area contributed by atoms with Gasteiger partial charge in [-0.05, 0) is 12.1 Å². The molecule has 2 N–H and O–H groups in total. The summed E-state index contributed by atoms with van der Waals surface area (Å²) in [6, 6.07) is 7.16. The first-order valence-electron chi connectivity index (χ1n) is 5.70. The van der Waals surface area contributed by atoms with Crippen LogP contribution >= 0.6 is 0 Å². The lowest BCUT2D eigenvalue weighted by Crippen LogP contribution is -2.18. The Morgan fingerprint density at radius 3 is 2.67 bits per heavy atom. The standard InChI is InChI=1S/C13H14N2O3/c1-3-10(16)15-12-11(14-2)8-6-4-5-7-9(8)18-13(12)17/h4-7,14H,3H2,1-2H3,(H,15,16). The van der Waals surface area contributed by atoms with E-state index in [1.165, 1.54) is 0 Å². The van der Waals surface area contributed by atoms with Crippen LogP contribution in [0.4, 0.5) is 11.4 Å². The van der Waals surface area contributed by atoms with Crippen molar-refractivity contribution in [2.24, 2.45) is 0 Å². The van der Waals surface area contributed by atoms with E-state index in [2.05, 4.69) is 10.6 Å². The molecule has 94 valence electrons. The topological polar surface area (TPSA) is 71.3 Å².